The van der Waals surface area contributed by atoms with Crippen LogP contribution in [0.3, 0.4) is 0 Å². The van der Waals surface area contributed by atoms with Crippen molar-refractivity contribution in [3.63, 3.8) is 0 Å². The van der Waals surface area contributed by atoms with Gasteiger partial charge in [0, 0.05) is 56.7 Å². The van der Waals surface area contributed by atoms with Gasteiger partial charge in [-0.15, -0.1) is 11.3 Å². The van der Waals surface area contributed by atoms with Crippen molar-refractivity contribution in [2.75, 3.05) is 26.2 Å². The summed E-state index contributed by atoms with van der Waals surface area (Å²) in [6.45, 7) is 3.48. The lowest BCUT2D eigenvalue weighted by molar-refractivity contribution is -0.384. The number of hydrogen-bond acceptors (Lipinski definition) is 6. The molecule has 0 spiro atoms. The quantitative estimate of drug-likeness (QED) is 0.418. The number of hydrogen-bond donors (Lipinski definition) is 0. The third kappa shape index (κ3) is 5.74. The molecule has 1 fully saturated rings. The first-order valence-electron chi connectivity index (χ1n) is 10.3. The summed E-state index contributed by atoms with van der Waals surface area (Å²) in [6.07, 6.45) is 1.12. The average molecular weight is 437 g/mol. The zero-order valence-corrected chi connectivity index (χ0v) is 18.0. The monoisotopic (exact) mass is 436 g/mol. The van der Waals surface area contributed by atoms with Crippen LogP contribution in [-0.2, 0) is 24.2 Å². The lowest BCUT2D eigenvalue weighted by Crippen LogP contribution is -2.48. The van der Waals surface area contributed by atoms with Gasteiger partial charge in [0.1, 0.15) is 0 Å². The van der Waals surface area contributed by atoms with Gasteiger partial charge >= 0.3 is 0 Å². The van der Waals surface area contributed by atoms with Gasteiger partial charge in [-0.05, 0) is 11.1 Å². The van der Waals surface area contributed by atoms with Crippen LogP contribution in [0.15, 0.2) is 60.0 Å². The topological polar surface area (TPSA) is 79.6 Å². The van der Waals surface area contributed by atoms with Crippen molar-refractivity contribution in [3.8, 4) is 0 Å². The van der Waals surface area contributed by atoms with Crippen LogP contribution in [0.4, 0.5) is 5.69 Å². The van der Waals surface area contributed by atoms with Crippen molar-refractivity contribution >= 4 is 22.9 Å². The number of rotatable bonds is 7. The molecule has 0 N–H and O–H groups in total. The lowest BCUT2D eigenvalue weighted by Gasteiger charge is -2.34. The summed E-state index contributed by atoms with van der Waals surface area (Å²) in [5.41, 5.74) is 3.08. The SMILES string of the molecule is O=C(Cc1csc(Cc2ccccc2)n1)N1CCN(Cc2cccc([N+](=O)[O-])c2)CC1. The van der Waals surface area contributed by atoms with Crippen molar-refractivity contribution in [3.05, 3.63) is 91.9 Å². The molecule has 0 saturated carbocycles. The molecule has 1 saturated heterocycles. The molecule has 1 aliphatic heterocycles. The molecule has 8 heteroatoms. The number of thiazole rings is 1. The molecule has 31 heavy (non-hydrogen) atoms. The Morgan fingerprint density at radius 2 is 1.77 bits per heavy atom. The van der Waals surface area contributed by atoms with E-state index >= 15 is 0 Å². The van der Waals surface area contributed by atoms with Crippen LogP contribution >= 0.6 is 11.3 Å². The molecule has 1 aromatic heterocycles. The van der Waals surface area contributed by atoms with Gasteiger partial charge in [0.05, 0.1) is 22.0 Å². The summed E-state index contributed by atoms with van der Waals surface area (Å²) in [5, 5.41) is 14.0. The lowest BCUT2D eigenvalue weighted by atomic mass is 10.1. The molecule has 0 bridgehead atoms. The molecule has 0 atom stereocenters. The van der Waals surface area contributed by atoms with Crippen LogP contribution in [0, 0.1) is 10.1 Å². The first-order chi connectivity index (χ1) is 15.1. The minimum atomic E-state index is -0.371. The van der Waals surface area contributed by atoms with Gasteiger partial charge in [-0.1, -0.05) is 42.5 Å². The van der Waals surface area contributed by atoms with E-state index in [9.17, 15) is 14.9 Å². The molecule has 0 aliphatic carbocycles. The fourth-order valence-electron chi connectivity index (χ4n) is 3.73. The molecular formula is C23H24N4O3S. The molecule has 0 unspecified atom stereocenters. The summed E-state index contributed by atoms with van der Waals surface area (Å²) >= 11 is 1.60. The summed E-state index contributed by atoms with van der Waals surface area (Å²) in [4.78, 5) is 32.0. The third-order valence-corrected chi connectivity index (χ3v) is 6.28. The fraction of sp³-hybridized carbons (Fsp3) is 0.304. The normalized spacial score (nSPS) is 14.5. The van der Waals surface area contributed by atoms with E-state index in [0.29, 0.717) is 26.1 Å². The Balaban J connectivity index is 1.26. The van der Waals surface area contributed by atoms with E-state index in [1.165, 1.54) is 11.6 Å². The molecule has 160 valence electrons. The molecule has 1 aliphatic rings. The number of nitrogens with zero attached hydrogens (tertiary/aromatic N) is 4. The van der Waals surface area contributed by atoms with Crippen LogP contribution in [0.2, 0.25) is 0 Å². The fourth-order valence-corrected chi connectivity index (χ4v) is 4.56. The van der Waals surface area contributed by atoms with Gasteiger partial charge in [-0.3, -0.25) is 19.8 Å². The maximum Gasteiger partial charge on any atom is 0.269 e. The number of benzene rings is 2. The number of carbonyl (C=O) groups is 1. The maximum atomic E-state index is 12.7. The third-order valence-electron chi connectivity index (χ3n) is 5.38. The first-order valence-corrected chi connectivity index (χ1v) is 11.2. The summed E-state index contributed by atoms with van der Waals surface area (Å²) in [6, 6.07) is 16.9. The van der Waals surface area contributed by atoms with Crippen LogP contribution < -0.4 is 0 Å². The smallest absolute Gasteiger partial charge is 0.269 e. The van der Waals surface area contributed by atoms with Crippen LogP contribution in [0.1, 0.15) is 21.8 Å². The highest BCUT2D eigenvalue weighted by atomic mass is 32.1. The van der Waals surface area contributed by atoms with E-state index < -0.39 is 0 Å². The molecule has 4 rings (SSSR count). The van der Waals surface area contributed by atoms with Crippen molar-refractivity contribution in [1.29, 1.82) is 0 Å². The largest absolute Gasteiger partial charge is 0.340 e. The van der Waals surface area contributed by atoms with E-state index in [-0.39, 0.29) is 16.5 Å². The second kappa shape index (κ2) is 9.80. The molecule has 2 aromatic carbocycles. The van der Waals surface area contributed by atoms with Gasteiger partial charge in [0.2, 0.25) is 5.91 Å². The predicted molar refractivity (Wildman–Crippen MR) is 120 cm³/mol. The summed E-state index contributed by atoms with van der Waals surface area (Å²) in [5.74, 6) is 0.103. The molecule has 1 amide bonds. The second-order valence-corrected chi connectivity index (χ2v) is 8.60. The average Bonchev–Trinajstić information content (AvgIpc) is 3.21. The molecular weight excluding hydrogens is 412 g/mol. The highest BCUT2D eigenvalue weighted by Gasteiger charge is 2.22. The Kier molecular flexibility index (Phi) is 6.69. The maximum absolute atomic E-state index is 12.7. The van der Waals surface area contributed by atoms with E-state index in [1.54, 1.807) is 23.5 Å². The van der Waals surface area contributed by atoms with Crippen LogP contribution in [-0.4, -0.2) is 51.8 Å². The van der Waals surface area contributed by atoms with Crippen LogP contribution in [0.25, 0.3) is 0 Å². The van der Waals surface area contributed by atoms with Crippen LogP contribution in [0.5, 0.6) is 0 Å². The highest BCUT2D eigenvalue weighted by Crippen LogP contribution is 2.18. The number of nitro groups is 1. The first kappa shape index (κ1) is 21.1. The zero-order valence-electron chi connectivity index (χ0n) is 17.1. The predicted octanol–water partition coefficient (Wildman–Crippen LogP) is 3.53. The number of piperazine rings is 1. The molecule has 7 nitrogen and oxygen atoms in total. The number of nitro benzene ring substituents is 1. The number of carbonyl (C=O) groups excluding carboxylic acids is 1. The minimum absolute atomic E-state index is 0.103. The van der Waals surface area contributed by atoms with Gasteiger partial charge in [-0.25, -0.2) is 4.98 Å². The molecule has 2 heterocycles. The van der Waals surface area contributed by atoms with Crippen molar-refractivity contribution < 1.29 is 9.72 Å². The minimum Gasteiger partial charge on any atom is -0.340 e. The van der Waals surface area contributed by atoms with Crippen molar-refractivity contribution in [1.82, 2.24) is 14.8 Å². The van der Waals surface area contributed by atoms with Gasteiger partial charge < -0.3 is 4.90 Å². The number of amides is 1. The molecule has 0 radical (unpaired) electrons. The van der Waals surface area contributed by atoms with Crippen molar-refractivity contribution in [2.24, 2.45) is 0 Å². The van der Waals surface area contributed by atoms with E-state index in [2.05, 4.69) is 22.0 Å². The van der Waals surface area contributed by atoms with E-state index in [4.69, 9.17) is 0 Å². The second-order valence-electron chi connectivity index (χ2n) is 7.66. The summed E-state index contributed by atoms with van der Waals surface area (Å²) < 4.78 is 0. The zero-order chi connectivity index (χ0) is 21.6. The van der Waals surface area contributed by atoms with Crippen molar-refractivity contribution in [2.45, 2.75) is 19.4 Å². The Labute approximate surface area is 185 Å². The van der Waals surface area contributed by atoms with E-state index in [0.717, 1.165) is 35.8 Å². The highest BCUT2D eigenvalue weighted by molar-refractivity contribution is 7.09. The van der Waals surface area contributed by atoms with Gasteiger partial charge in [0.25, 0.3) is 5.69 Å². The Bertz CT molecular complexity index is 1050. The van der Waals surface area contributed by atoms with Gasteiger partial charge in [0.15, 0.2) is 0 Å². The Morgan fingerprint density at radius 1 is 1.03 bits per heavy atom. The standard InChI is InChI=1S/C23H24N4O3S/c28-23(15-20-17-31-22(24-20)14-18-5-2-1-3-6-18)26-11-9-25(10-12-26)16-19-7-4-8-21(13-19)27(29)30/h1-8,13,17H,9-12,14-16H2. The number of non-ortho nitro benzene ring substituents is 1. The number of aromatic nitrogens is 1. The van der Waals surface area contributed by atoms with Gasteiger partial charge in [-0.2, -0.15) is 0 Å². The Morgan fingerprint density at radius 3 is 2.52 bits per heavy atom. The Hall–Kier alpha value is -3.10. The summed E-state index contributed by atoms with van der Waals surface area (Å²) in [7, 11) is 0. The van der Waals surface area contributed by atoms with E-state index in [1.807, 2.05) is 34.5 Å². The molecule has 3 aromatic rings.